The molecule has 17 heavy (non-hydrogen) atoms. The molecule has 0 saturated heterocycles. The molecule has 3 heteroatoms. The fourth-order valence-corrected chi connectivity index (χ4v) is 2.27. The zero-order chi connectivity index (χ0) is 12.6. The van der Waals surface area contributed by atoms with E-state index in [9.17, 15) is 4.79 Å². The summed E-state index contributed by atoms with van der Waals surface area (Å²) in [6.07, 6.45) is 1.21. The molecular weight excluding hydrogens is 216 g/mol. The Balaban J connectivity index is 2.61. The van der Waals surface area contributed by atoms with Crippen molar-refractivity contribution in [3.63, 3.8) is 0 Å². The van der Waals surface area contributed by atoms with Gasteiger partial charge in [0.1, 0.15) is 17.1 Å². The van der Waals surface area contributed by atoms with Crippen molar-refractivity contribution in [2.24, 2.45) is 0 Å². The van der Waals surface area contributed by atoms with Crippen LogP contribution < -0.4 is 9.47 Å². The van der Waals surface area contributed by atoms with E-state index in [2.05, 4.69) is 0 Å². The topological polar surface area (TPSA) is 35.5 Å². The Bertz CT molecular complexity index is 461. The summed E-state index contributed by atoms with van der Waals surface area (Å²) in [6, 6.07) is 3.64. The second-order valence-corrected chi connectivity index (χ2v) is 4.94. The quantitative estimate of drug-likeness (QED) is 0.789. The number of carbonyl (C=O) groups is 1. The van der Waals surface area contributed by atoms with Crippen molar-refractivity contribution in [2.45, 2.75) is 39.2 Å². The van der Waals surface area contributed by atoms with Crippen molar-refractivity contribution < 1.29 is 14.3 Å². The van der Waals surface area contributed by atoms with E-state index in [1.807, 2.05) is 26.8 Å². The van der Waals surface area contributed by atoms with Crippen LogP contribution in [0.4, 0.5) is 0 Å². The fraction of sp³-hybridized carbons (Fsp3) is 0.500. The maximum absolute atomic E-state index is 12.0. The molecule has 0 atom stereocenters. The highest BCUT2D eigenvalue weighted by molar-refractivity contribution is 6.01. The van der Waals surface area contributed by atoms with Crippen molar-refractivity contribution in [2.75, 3.05) is 7.11 Å². The Hall–Kier alpha value is -1.51. The van der Waals surface area contributed by atoms with Gasteiger partial charge in [-0.2, -0.15) is 0 Å². The van der Waals surface area contributed by atoms with E-state index in [1.165, 1.54) is 0 Å². The van der Waals surface area contributed by atoms with Crippen LogP contribution in [-0.2, 0) is 6.42 Å². The zero-order valence-corrected chi connectivity index (χ0v) is 10.8. The lowest BCUT2D eigenvalue weighted by Gasteiger charge is -2.33. The maximum atomic E-state index is 12.0. The first-order valence-electron chi connectivity index (χ1n) is 5.90. The van der Waals surface area contributed by atoms with Crippen LogP contribution in [0, 0.1) is 0 Å². The molecule has 0 N–H and O–H groups in total. The Kier molecular flexibility index (Phi) is 2.86. The molecule has 1 aromatic rings. The lowest BCUT2D eigenvalue weighted by atomic mass is 9.91. The summed E-state index contributed by atoms with van der Waals surface area (Å²) in [7, 11) is 1.64. The van der Waals surface area contributed by atoms with Crippen molar-refractivity contribution in [3.8, 4) is 11.5 Å². The number of fused-ring (bicyclic) bond motifs is 1. The van der Waals surface area contributed by atoms with E-state index in [0.717, 1.165) is 17.7 Å². The molecule has 0 radical (unpaired) electrons. The molecule has 0 unspecified atom stereocenters. The van der Waals surface area contributed by atoms with Crippen LogP contribution in [0.5, 0.6) is 11.5 Å². The Morgan fingerprint density at radius 2 is 2.12 bits per heavy atom. The van der Waals surface area contributed by atoms with Crippen molar-refractivity contribution in [1.29, 1.82) is 0 Å². The Labute approximate surface area is 102 Å². The summed E-state index contributed by atoms with van der Waals surface area (Å²) in [5, 5.41) is 0. The van der Waals surface area contributed by atoms with Crippen LogP contribution in [0.2, 0.25) is 0 Å². The van der Waals surface area contributed by atoms with Crippen LogP contribution in [0.25, 0.3) is 0 Å². The molecule has 0 fully saturated rings. The SMILES string of the molecule is CCc1c(OC)ccc2c1OC(C)(C)CC2=O. The second kappa shape index (κ2) is 4.06. The predicted octanol–water partition coefficient (Wildman–Crippen LogP) is 3.00. The summed E-state index contributed by atoms with van der Waals surface area (Å²) in [5.41, 5.74) is 1.23. The van der Waals surface area contributed by atoms with E-state index < -0.39 is 5.60 Å². The number of Topliss-reactive ketones (excluding diaryl/α,β-unsaturated/α-hetero) is 1. The van der Waals surface area contributed by atoms with Gasteiger partial charge in [0.15, 0.2) is 5.78 Å². The average Bonchev–Trinajstić information content (AvgIpc) is 2.25. The van der Waals surface area contributed by atoms with Gasteiger partial charge in [0.2, 0.25) is 0 Å². The first kappa shape index (κ1) is 12.0. The first-order valence-corrected chi connectivity index (χ1v) is 5.90. The van der Waals surface area contributed by atoms with Gasteiger partial charge in [-0.1, -0.05) is 6.92 Å². The summed E-state index contributed by atoms with van der Waals surface area (Å²) in [4.78, 5) is 12.0. The van der Waals surface area contributed by atoms with Gasteiger partial charge in [0.25, 0.3) is 0 Å². The summed E-state index contributed by atoms with van der Waals surface area (Å²) in [6.45, 7) is 5.91. The molecule has 0 amide bonds. The van der Waals surface area contributed by atoms with Gasteiger partial charge < -0.3 is 9.47 Å². The highest BCUT2D eigenvalue weighted by atomic mass is 16.5. The normalized spacial score (nSPS) is 17.3. The maximum Gasteiger partial charge on any atom is 0.170 e. The fourth-order valence-electron chi connectivity index (χ4n) is 2.27. The Morgan fingerprint density at radius 1 is 1.41 bits per heavy atom. The standard InChI is InChI=1S/C14H18O3/c1-5-9-12(16-4)7-6-10-11(15)8-14(2,3)17-13(9)10/h6-7H,5,8H2,1-4H3. The summed E-state index contributed by atoms with van der Waals surface area (Å²) < 4.78 is 11.3. The lowest BCUT2D eigenvalue weighted by molar-refractivity contribution is 0.0612. The van der Waals surface area contributed by atoms with E-state index in [4.69, 9.17) is 9.47 Å². The minimum absolute atomic E-state index is 0.147. The minimum Gasteiger partial charge on any atom is -0.496 e. The molecule has 3 nitrogen and oxygen atoms in total. The predicted molar refractivity (Wildman–Crippen MR) is 66.0 cm³/mol. The van der Waals surface area contributed by atoms with Crippen molar-refractivity contribution in [1.82, 2.24) is 0 Å². The number of methoxy groups -OCH3 is 1. The number of hydrogen-bond donors (Lipinski definition) is 0. The number of benzene rings is 1. The van der Waals surface area contributed by atoms with Gasteiger partial charge in [-0.25, -0.2) is 0 Å². The summed E-state index contributed by atoms with van der Waals surface area (Å²) >= 11 is 0. The van der Waals surface area contributed by atoms with Gasteiger partial charge in [-0.15, -0.1) is 0 Å². The van der Waals surface area contributed by atoms with E-state index >= 15 is 0 Å². The third-order valence-electron chi connectivity index (χ3n) is 3.06. The third-order valence-corrected chi connectivity index (χ3v) is 3.06. The van der Waals surface area contributed by atoms with Crippen LogP contribution in [0.15, 0.2) is 12.1 Å². The lowest BCUT2D eigenvalue weighted by Crippen LogP contribution is -2.36. The first-order chi connectivity index (χ1) is 7.98. The van der Waals surface area contributed by atoms with E-state index in [0.29, 0.717) is 17.7 Å². The van der Waals surface area contributed by atoms with Crippen LogP contribution >= 0.6 is 0 Å². The number of ether oxygens (including phenoxy) is 2. The average molecular weight is 234 g/mol. The van der Waals surface area contributed by atoms with Crippen molar-refractivity contribution >= 4 is 5.78 Å². The van der Waals surface area contributed by atoms with Gasteiger partial charge >= 0.3 is 0 Å². The monoisotopic (exact) mass is 234 g/mol. The number of hydrogen-bond acceptors (Lipinski definition) is 3. The number of rotatable bonds is 2. The highest BCUT2D eigenvalue weighted by Crippen LogP contribution is 2.40. The van der Waals surface area contributed by atoms with Crippen LogP contribution in [0.1, 0.15) is 43.1 Å². The van der Waals surface area contributed by atoms with Crippen LogP contribution in [0.3, 0.4) is 0 Å². The molecule has 0 aromatic heterocycles. The molecule has 0 spiro atoms. The molecular formula is C14H18O3. The largest absolute Gasteiger partial charge is 0.496 e. The highest BCUT2D eigenvalue weighted by Gasteiger charge is 2.34. The third kappa shape index (κ3) is 2.02. The molecule has 0 bridgehead atoms. The molecule has 92 valence electrons. The van der Waals surface area contributed by atoms with Gasteiger partial charge in [-0.3, -0.25) is 4.79 Å². The second-order valence-electron chi connectivity index (χ2n) is 4.94. The van der Waals surface area contributed by atoms with Gasteiger partial charge in [-0.05, 0) is 32.4 Å². The number of ketones is 1. The molecule has 1 heterocycles. The molecule has 0 saturated carbocycles. The zero-order valence-electron chi connectivity index (χ0n) is 10.8. The van der Waals surface area contributed by atoms with E-state index in [-0.39, 0.29) is 5.78 Å². The van der Waals surface area contributed by atoms with Crippen LogP contribution in [-0.4, -0.2) is 18.5 Å². The number of carbonyl (C=O) groups excluding carboxylic acids is 1. The molecule has 0 aliphatic carbocycles. The Morgan fingerprint density at radius 3 is 2.71 bits per heavy atom. The van der Waals surface area contributed by atoms with Crippen molar-refractivity contribution in [3.05, 3.63) is 23.3 Å². The molecule has 1 aromatic carbocycles. The molecule has 2 rings (SSSR count). The molecule has 1 aliphatic rings. The summed E-state index contributed by atoms with van der Waals surface area (Å²) in [5.74, 6) is 1.64. The minimum atomic E-state index is -0.430. The van der Waals surface area contributed by atoms with Gasteiger partial charge in [0, 0.05) is 5.56 Å². The van der Waals surface area contributed by atoms with Gasteiger partial charge in [0.05, 0.1) is 19.1 Å². The smallest absolute Gasteiger partial charge is 0.170 e. The van der Waals surface area contributed by atoms with E-state index in [1.54, 1.807) is 13.2 Å². The molecule has 1 aliphatic heterocycles.